The van der Waals surface area contributed by atoms with Crippen LogP contribution in [0.2, 0.25) is 0 Å². The summed E-state index contributed by atoms with van der Waals surface area (Å²) in [4.78, 5) is 25.4. The molecule has 1 amide bonds. The minimum atomic E-state index is -1.05. The Hall–Kier alpha value is -2.38. The molecule has 2 heterocycles. The Balaban J connectivity index is 1.66. The van der Waals surface area contributed by atoms with E-state index in [0.29, 0.717) is 10.6 Å². The number of benzene rings is 1. The summed E-state index contributed by atoms with van der Waals surface area (Å²) in [5.41, 5.74) is 1.63. The highest BCUT2D eigenvalue weighted by Gasteiger charge is 2.26. The van der Waals surface area contributed by atoms with Crippen LogP contribution in [-0.2, 0) is 4.74 Å². The molecule has 7 heteroatoms. The number of methoxy groups -OCH3 is 1. The van der Waals surface area contributed by atoms with E-state index in [2.05, 4.69) is 10.2 Å². The van der Waals surface area contributed by atoms with E-state index >= 15 is 0 Å². The number of rotatable bonds is 5. The van der Waals surface area contributed by atoms with Crippen molar-refractivity contribution < 1.29 is 19.4 Å². The Bertz CT molecular complexity index is 720. The molecule has 23 heavy (non-hydrogen) atoms. The van der Waals surface area contributed by atoms with Gasteiger partial charge < -0.3 is 20.1 Å². The number of carboxylic acids is 1. The van der Waals surface area contributed by atoms with Gasteiger partial charge in [-0.25, -0.2) is 4.79 Å². The van der Waals surface area contributed by atoms with Crippen molar-refractivity contribution in [3.63, 3.8) is 0 Å². The molecule has 0 spiro atoms. The number of nitrogens with zero attached hydrogens (tertiary/aromatic N) is 1. The normalized spacial score (nSPS) is 14.4. The lowest BCUT2D eigenvalue weighted by Crippen LogP contribution is -2.51. The molecule has 1 aliphatic rings. The molecular formula is C16H16N2O4S. The summed E-state index contributed by atoms with van der Waals surface area (Å²) < 4.78 is 5.24. The first-order valence-electron chi connectivity index (χ1n) is 7.08. The number of nitrogens with one attached hydrogen (secondary N) is 1. The number of hydrogen-bond acceptors (Lipinski definition) is 5. The molecule has 120 valence electrons. The summed E-state index contributed by atoms with van der Waals surface area (Å²) in [7, 11) is 1.70. The summed E-state index contributed by atoms with van der Waals surface area (Å²) in [6.07, 6.45) is 0.270. The maximum atomic E-state index is 12.2. The molecule has 0 radical (unpaired) electrons. The van der Waals surface area contributed by atoms with Crippen LogP contribution in [0.3, 0.4) is 0 Å². The number of amides is 1. The van der Waals surface area contributed by atoms with Crippen molar-refractivity contribution in [3.05, 3.63) is 46.8 Å². The summed E-state index contributed by atoms with van der Waals surface area (Å²) in [5, 5.41) is 13.7. The van der Waals surface area contributed by atoms with E-state index in [-0.39, 0.29) is 17.6 Å². The molecule has 1 saturated heterocycles. The second-order valence-electron chi connectivity index (χ2n) is 5.23. The van der Waals surface area contributed by atoms with Crippen LogP contribution in [-0.4, -0.2) is 43.3 Å². The van der Waals surface area contributed by atoms with Crippen LogP contribution in [0.15, 0.2) is 35.7 Å². The molecule has 1 aromatic carbocycles. The highest BCUT2D eigenvalue weighted by Crippen LogP contribution is 2.25. The Morgan fingerprint density at radius 1 is 1.26 bits per heavy atom. The van der Waals surface area contributed by atoms with Gasteiger partial charge >= 0.3 is 5.97 Å². The number of carbonyl (C=O) groups excluding carboxylic acids is 1. The molecule has 1 aromatic heterocycles. The number of carbonyl (C=O) groups is 2. The van der Waals surface area contributed by atoms with E-state index in [4.69, 9.17) is 9.84 Å². The van der Waals surface area contributed by atoms with Gasteiger partial charge in [0.15, 0.2) is 0 Å². The van der Waals surface area contributed by atoms with Crippen LogP contribution in [0, 0.1) is 0 Å². The van der Waals surface area contributed by atoms with Gasteiger partial charge in [0.25, 0.3) is 5.91 Å². The van der Waals surface area contributed by atoms with Crippen LogP contribution < -0.4 is 10.2 Å². The molecule has 0 saturated carbocycles. The van der Waals surface area contributed by atoms with Gasteiger partial charge in [-0.2, -0.15) is 0 Å². The molecule has 0 unspecified atom stereocenters. The highest BCUT2D eigenvalue weighted by molar-refractivity contribution is 7.14. The second kappa shape index (κ2) is 6.39. The maximum Gasteiger partial charge on any atom is 0.338 e. The largest absolute Gasteiger partial charge is 0.478 e. The molecule has 1 fully saturated rings. The van der Waals surface area contributed by atoms with Gasteiger partial charge in [0.1, 0.15) is 5.00 Å². The monoisotopic (exact) mass is 332 g/mol. The highest BCUT2D eigenvalue weighted by atomic mass is 32.1. The van der Waals surface area contributed by atoms with Gasteiger partial charge in [-0.15, -0.1) is 11.3 Å². The summed E-state index contributed by atoms with van der Waals surface area (Å²) in [6.45, 7) is 1.69. The lowest BCUT2D eigenvalue weighted by Gasteiger charge is -2.40. The molecular weight excluding hydrogens is 316 g/mol. The van der Waals surface area contributed by atoms with Gasteiger partial charge in [-0.1, -0.05) is 0 Å². The van der Waals surface area contributed by atoms with Gasteiger partial charge in [0, 0.05) is 31.5 Å². The number of hydrogen-bond donors (Lipinski definition) is 2. The molecule has 3 rings (SSSR count). The Morgan fingerprint density at radius 3 is 2.57 bits per heavy atom. The third-order valence-electron chi connectivity index (χ3n) is 3.80. The van der Waals surface area contributed by atoms with Crippen molar-refractivity contribution in [3.8, 4) is 0 Å². The number of anilines is 2. The average molecular weight is 332 g/mol. The van der Waals surface area contributed by atoms with Crippen LogP contribution >= 0.6 is 11.3 Å². The quantitative estimate of drug-likeness (QED) is 0.880. The fourth-order valence-corrected chi connectivity index (χ4v) is 3.15. The van der Waals surface area contributed by atoms with Crippen molar-refractivity contribution in [2.45, 2.75) is 6.10 Å². The molecule has 2 N–H and O–H groups in total. The van der Waals surface area contributed by atoms with Gasteiger partial charge in [0.2, 0.25) is 0 Å². The number of thiophene rings is 1. The molecule has 0 bridgehead atoms. The first-order chi connectivity index (χ1) is 11.1. The minimum absolute atomic E-state index is 0.103. The van der Waals surface area contributed by atoms with Crippen LogP contribution in [0.4, 0.5) is 10.7 Å². The molecule has 0 aliphatic carbocycles. The van der Waals surface area contributed by atoms with Crippen molar-refractivity contribution in [2.75, 3.05) is 30.4 Å². The predicted molar refractivity (Wildman–Crippen MR) is 88.7 cm³/mol. The summed E-state index contributed by atoms with van der Waals surface area (Å²) in [5.74, 6) is -1.37. The fourth-order valence-electron chi connectivity index (χ4n) is 2.37. The Labute approximate surface area is 137 Å². The van der Waals surface area contributed by atoms with E-state index in [1.54, 1.807) is 24.6 Å². The summed E-state index contributed by atoms with van der Waals surface area (Å²) >= 11 is 1.19. The van der Waals surface area contributed by atoms with Gasteiger partial charge in [0.05, 0.1) is 11.7 Å². The van der Waals surface area contributed by atoms with Crippen LogP contribution in [0.1, 0.15) is 20.7 Å². The van der Waals surface area contributed by atoms with Crippen LogP contribution in [0.25, 0.3) is 0 Å². The Morgan fingerprint density at radius 2 is 1.96 bits per heavy atom. The third-order valence-corrected chi connectivity index (χ3v) is 4.63. The lowest BCUT2D eigenvalue weighted by molar-refractivity contribution is 0.0698. The fraction of sp³-hybridized carbons (Fsp3) is 0.250. The van der Waals surface area contributed by atoms with E-state index in [0.717, 1.165) is 18.8 Å². The number of ether oxygens (including phenoxy) is 1. The average Bonchev–Trinajstić information content (AvgIpc) is 2.95. The van der Waals surface area contributed by atoms with E-state index in [9.17, 15) is 9.59 Å². The zero-order valence-corrected chi connectivity index (χ0v) is 13.3. The lowest BCUT2D eigenvalue weighted by atomic mass is 10.1. The second-order valence-corrected chi connectivity index (χ2v) is 6.15. The standard InChI is InChI=1S/C16H16N2O4S/c1-22-12-8-18(9-12)11-4-2-10(3-5-11)14(19)17-15-13(16(20)21)6-7-23-15/h2-7,12H,8-9H2,1H3,(H,17,19)(H,20,21). The van der Waals surface area contributed by atoms with Crippen molar-refractivity contribution in [2.24, 2.45) is 0 Å². The molecule has 2 aromatic rings. The zero-order valence-electron chi connectivity index (χ0n) is 12.5. The molecule has 6 nitrogen and oxygen atoms in total. The third kappa shape index (κ3) is 3.20. The topological polar surface area (TPSA) is 78.9 Å². The van der Waals surface area contributed by atoms with E-state index in [1.165, 1.54) is 17.4 Å². The molecule has 0 atom stereocenters. The first kappa shape index (κ1) is 15.5. The SMILES string of the molecule is COC1CN(c2ccc(C(=O)Nc3sccc3C(=O)O)cc2)C1. The molecule has 1 aliphatic heterocycles. The van der Waals surface area contributed by atoms with E-state index in [1.807, 2.05) is 12.1 Å². The number of aromatic carboxylic acids is 1. The smallest absolute Gasteiger partial charge is 0.338 e. The van der Waals surface area contributed by atoms with Crippen molar-refractivity contribution >= 4 is 33.9 Å². The van der Waals surface area contributed by atoms with Gasteiger partial charge in [-0.05, 0) is 35.7 Å². The maximum absolute atomic E-state index is 12.2. The zero-order chi connectivity index (χ0) is 16.4. The van der Waals surface area contributed by atoms with Crippen LogP contribution in [0.5, 0.6) is 0 Å². The summed E-state index contributed by atoms with van der Waals surface area (Å²) in [6, 6.07) is 8.71. The Kier molecular flexibility index (Phi) is 4.31. The van der Waals surface area contributed by atoms with Crippen molar-refractivity contribution in [1.82, 2.24) is 0 Å². The van der Waals surface area contributed by atoms with E-state index < -0.39 is 5.97 Å². The van der Waals surface area contributed by atoms with Crippen molar-refractivity contribution in [1.29, 1.82) is 0 Å². The number of carboxylic acid groups (broad SMARTS) is 1. The minimum Gasteiger partial charge on any atom is -0.478 e. The predicted octanol–water partition coefficient (Wildman–Crippen LogP) is 2.53. The first-order valence-corrected chi connectivity index (χ1v) is 7.96. The van der Waals surface area contributed by atoms with Gasteiger partial charge in [-0.3, -0.25) is 4.79 Å².